The summed E-state index contributed by atoms with van der Waals surface area (Å²) >= 11 is 0. The summed E-state index contributed by atoms with van der Waals surface area (Å²) in [5.41, 5.74) is 2.18. The van der Waals surface area contributed by atoms with E-state index in [0.29, 0.717) is 0 Å². The third-order valence-electron chi connectivity index (χ3n) is 2.02. The number of carbonyl (C=O) groups excluding carboxylic acids is 2. The first-order chi connectivity index (χ1) is 8.80. The fourth-order valence-corrected chi connectivity index (χ4v) is 1.09. The van der Waals surface area contributed by atoms with Gasteiger partial charge in [0.1, 0.15) is 0 Å². The van der Waals surface area contributed by atoms with Crippen molar-refractivity contribution in [1.29, 1.82) is 0 Å². The van der Waals surface area contributed by atoms with Crippen LogP contribution in [0, 0.1) is 0 Å². The average molecular weight is 273 g/mol. The molecule has 19 heavy (non-hydrogen) atoms. The lowest BCUT2D eigenvalue weighted by atomic mass is 10.2. The molecule has 0 atom stereocenters. The highest BCUT2D eigenvalue weighted by molar-refractivity contribution is 6.03. The van der Waals surface area contributed by atoms with Crippen LogP contribution in [0.4, 0.5) is 13.2 Å². The molecular weight excluding hydrogens is 263 g/mol. The second-order valence-electron chi connectivity index (χ2n) is 3.62. The first-order valence-corrected chi connectivity index (χ1v) is 5.14. The highest BCUT2D eigenvalue weighted by Crippen LogP contribution is 2.17. The predicted molar refractivity (Wildman–Crippen MR) is 60.5 cm³/mol. The van der Waals surface area contributed by atoms with Crippen LogP contribution in [0.25, 0.3) is 0 Å². The average Bonchev–Trinajstić information content (AvgIpc) is 2.35. The number of Topliss-reactive ketones (excluding diaryl/α,β-unsaturated/α-hetero) is 1. The maximum absolute atomic E-state index is 12.0. The number of hydrogen-bond acceptors (Lipinski definition) is 4. The molecule has 1 aromatic rings. The summed E-state index contributed by atoms with van der Waals surface area (Å²) in [7, 11) is 0. The van der Waals surface area contributed by atoms with Crippen molar-refractivity contribution in [3.05, 3.63) is 30.1 Å². The summed E-state index contributed by atoms with van der Waals surface area (Å²) in [5, 5.41) is 3.43. The molecule has 0 spiro atoms. The molecule has 8 heteroatoms. The van der Waals surface area contributed by atoms with E-state index in [1.807, 2.05) is 0 Å². The molecule has 1 aromatic heterocycles. The smallest absolute Gasteiger partial charge is 0.289 e. The zero-order chi connectivity index (χ0) is 14.5. The highest BCUT2D eigenvalue weighted by Gasteiger charge is 2.37. The molecule has 5 nitrogen and oxygen atoms in total. The number of pyridine rings is 1. The quantitative estimate of drug-likeness (QED) is 0.670. The Labute approximate surface area is 106 Å². The summed E-state index contributed by atoms with van der Waals surface area (Å²) in [5.74, 6) is -2.51. The molecule has 0 aromatic carbocycles. The summed E-state index contributed by atoms with van der Waals surface area (Å²) in [6.45, 7) is 1.22. The molecule has 0 saturated heterocycles. The van der Waals surface area contributed by atoms with Crippen LogP contribution in [0.3, 0.4) is 0 Å². The van der Waals surface area contributed by atoms with Gasteiger partial charge in [0.05, 0.1) is 6.42 Å². The van der Waals surface area contributed by atoms with E-state index in [4.69, 9.17) is 0 Å². The van der Waals surface area contributed by atoms with E-state index in [1.54, 1.807) is 0 Å². The Morgan fingerprint density at radius 2 is 1.89 bits per heavy atom. The van der Waals surface area contributed by atoms with Crippen molar-refractivity contribution >= 4 is 17.4 Å². The van der Waals surface area contributed by atoms with E-state index >= 15 is 0 Å². The minimum Gasteiger partial charge on any atom is -0.289 e. The van der Waals surface area contributed by atoms with Crippen LogP contribution in [0.2, 0.25) is 0 Å². The summed E-state index contributed by atoms with van der Waals surface area (Å²) in [4.78, 5) is 25.8. The largest absolute Gasteiger partial charge is 0.450 e. The van der Waals surface area contributed by atoms with Crippen molar-refractivity contribution in [2.45, 2.75) is 19.5 Å². The van der Waals surface area contributed by atoms with Crippen LogP contribution in [0.1, 0.15) is 23.7 Å². The number of aromatic nitrogens is 1. The third kappa shape index (κ3) is 4.86. The molecule has 0 radical (unpaired) electrons. The SMILES string of the molecule is CC(CC(=O)C(F)(F)F)=NNC(=O)c1ccncc1. The molecule has 0 saturated carbocycles. The van der Waals surface area contributed by atoms with E-state index in [9.17, 15) is 22.8 Å². The lowest BCUT2D eigenvalue weighted by molar-refractivity contribution is -0.169. The Morgan fingerprint density at radius 1 is 1.32 bits per heavy atom. The van der Waals surface area contributed by atoms with Crippen LogP contribution >= 0.6 is 0 Å². The van der Waals surface area contributed by atoms with Crippen molar-refractivity contribution in [3.8, 4) is 0 Å². The number of nitrogens with one attached hydrogen (secondary N) is 1. The number of rotatable bonds is 4. The summed E-state index contributed by atoms with van der Waals surface area (Å²) in [6, 6.07) is 2.84. The Hall–Kier alpha value is -2.25. The molecule has 0 fully saturated rings. The predicted octanol–water partition coefficient (Wildman–Crippen LogP) is 1.71. The fraction of sp³-hybridized carbons (Fsp3) is 0.273. The standard InChI is InChI=1S/C11H10F3N3O2/c1-7(6-9(18)11(12,13)14)16-17-10(19)8-2-4-15-5-3-8/h2-5H,6H2,1H3,(H,17,19). The van der Waals surface area contributed by atoms with Crippen molar-refractivity contribution in [2.75, 3.05) is 0 Å². The summed E-state index contributed by atoms with van der Waals surface area (Å²) in [6.07, 6.45) is -3.01. The molecule has 0 bridgehead atoms. The van der Waals surface area contributed by atoms with Gasteiger partial charge in [-0.15, -0.1) is 0 Å². The maximum Gasteiger partial charge on any atom is 0.450 e. The van der Waals surface area contributed by atoms with E-state index in [1.165, 1.54) is 31.5 Å². The number of carbonyl (C=O) groups is 2. The monoisotopic (exact) mass is 273 g/mol. The Balaban J connectivity index is 2.58. The number of hydrogen-bond donors (Lipinski definition) is 1. The zero-order valence-corrected chi connectivity index (χ0v) is 9.86. The molecule has 102 valence electrons. The number of hydrazone groups is 1. The van der Waals surface area contributed by atoms with E-state index in [2.05, 4.69) is 15.5 Å². The van der Waals surface area contributed by atoms with Gasteiger partial charge in [-0.25, -0.2) is 5.43 Å². The topological polar surface area (TPSA) is 71.4 Å². The van der Waals surface area contributed by atoms with Crippen LogP contribution < -0.4 is 5.43 Å². The van der Waals surface area contributed by atoms with Gasteiger partial charge in [-0.3, -0.25) is 14.6 Å². The van der Waals surface area contributed by atoms with Crippen molar-refractivity contribution < 1.29 is 22.8 Å². The molecule has 0 aliphatic rings. The molecule has 1 N–H and O–H groups in total. The van der Waals surface area contributed by atoms with Crippen molar-refractivity contribution in [2.24, 2.45) is 5.10 Å². The third-order valence-corrected chi connectivity index (χ3v) is 2.02. The van der Waals surface area contributed by atoms with Crippen LogP contribution in [0.5, 0.6) is 0 Å². The molecule has 1 rings (SSSR count). The second-order valence-corrected chi connectivity index (χ2v) is 3.62. The Bertz CT molecular complexity index is 498. The lowest BCUT2D eigenvalue weighted by Crippen LogP contribution is -2.26. The molecule has 0 aliphatic heterocycles. The molecule has 0 aliphatic carbocycles. The van der Waals surface area contributed by atoms with Gasteiger partial charge in [-0.05, 0) is 19.1 Å². The van der Waals surface area contributed by atoms with Gasteiger partial charge >= 0.3 is 6.18 Å². The Morgan fingerprint density at radius 3 is 2.42 bits per heavy atom. The number of halogens is 3. The number of amides is 1. The van der Waals surface area contributed by atoms with Crippen LogP contribution in [0.15, 0.2) is 29.6 Å². The van der Waals surface area contributed by atoms with Gasteiger partial charge in [0, 0.05) is 23.7 Å². The van der Waals surface area contributed by atoms with Gasteiger partial charge in [0.15, 0.2) is 0 Å². The number of ketones is 1. The second kappa shape index (κ2) is 6.07. The molecule has 0 unspecified atom stereocenters. The van der Waals surface area contributed by atoms with E-state index in [-0.39, 0.29) is 11.3 Å². The molecule has 1 amide bonds. The molecular formula is C11H10F3N3O2. The molecule has 1 heterocycles. The van der Waals surface area contributed by atoms with E-state index < -0.39 is 24.3 Å². The van der Waals surface area contributed by atoms with Gasteiger partial charge in [-0.1, -0.05) is 0 Å². The van der Waals surface area contributed by atoms with Gasteiger partial charge in [-0.2, -0.15) is 18.3 Å². The minimum absolute atomic E-state index is 0.135. The normalized spacial score (nSPS) is 12.1. The van der Waals surface area contributed by atoms with Crippen molar-refractivity contribution in [1.82, 2.24) is 10.4 Å². The van der Waals surface area contributed by atoms with E-state index in [0.717, 1.165) is 0 Å². The first kappa shape index (κ1) is 14.8. The van der Waals surface area contributed by atoms with Crippen molar-refractivity contribution in [3.63, 3.8) is 0 Å². The maximum atomic E-state index is 12.0. The first-order valence-electron chi connectivity index (χ1n) is 5.14. The van der Waals surface area contributed by atoms with Crippen LogP contribution in [-0.4, -0.2) is 28.6 Å². The van der Waals surface area contributed by atoms with Gasteiger partial charge in [0.25, 0.3) is 5.91 Å². The fourth-order valence-electron chi connectivity index (χ4n) is 1.09. The number of alkyl halides is 3. The zero-order valence-electron chi connectivity index (χ0n) is 9.86. The van der Waals surface area contributed by atoms with Gasteiger partial charge < -0.3 is 0 Å². The van der Waals surface area contributed by atoms with Gasteiger partial charge in [0.2, 0.25) is 5.78 Å². The number of nitrogens with zero attached hydrogens (tertiary/aromatic N) is 2. The Kier molecular flexibility index (Phi) is 4.74. The summed E-state index contributed by atoms with van der Waals surface area (Å²) < 4.78 is 35.9. The van der Waals surface area contributed by atoms with Crippen LogP contribution in [-0.2, 0) is 4.79 Å². The highest BCUT2D eigenvalue weighted by atomic mass is 19.4. The minimum atomic E-state index is -4.90. The lowest BCUT2D eigenvalue weighted by Gasteiger charge is -2.05.